The van der Waals surface area contributed by atoms with E-state index in [1.54, 1.807) is 0 Å². The number of imide groups is 1. The maximum absolute atomic E-state index is 13.1. The minimum Gasteiger partial charge on any atom is -0.294 e. The van der Waals surface area contributed by atoms with Crippen LogP contribution in [-0.4, -0.2) is 29.3 Å². The Kier molecular flexibility index (Phi) is 3.21. The maximum atomic E-state index is 13.1. The van der Waals surface area contributed by atoms with Crippen LogP contribution in [0.5, 0.6) is 0 Å². The van der Waals surface area contributed by atoms with Crippen molar-refractivity contribution in [3.8, 4) is 0 Å². The van der Waals surface area contributed by atoms with Crippen LogP contribution in [0.2, 0.25) is 0 Å². The van der Waals surface area contributed by atoms with Crippen molar-refractivity contribution in [2.45, 2.75) is 20.3 Å². The molecule has 1 aromatic rings. The van der Waals surface area contributed by atoms with Gasteiger partial charge in [-0.1, -0.05) is 24.3 Å². The zero-order valence-electron chi connectivity index (χ0n) is 15.0. The molecular formula is C21H22N2O3. The molecule has 0 unspecified atom stereocenters. The average molecular weight is 350 g/mol. The monoisotopic (exact) mass is 350 g/mol. The lowest BCUT2D eigenvalue weighted by Crippen LogP contribution is -2.44. The van der Waals surface area contributed by atoms with Crippen LogP contribution < -0.4 is 4.90 Å². The summed E-state index contributed by atoms with van der Waals surface area (Å²) in [7, 11) is 0. The Balaban J connectivity index is 1.45. The Labute approximate surface area is 152 Å². The first kappa shape index (κ1) is 15.8. The first-order valence-electron chi connectivity index (χ1n) is 9.35. The summed E-state index contributed by atoms with van der Waals surface area (Å²) in [6, 6.07) is 7.58. The van der Waals surface area contributed by atoms with Crippen LogP contribution in [0.3, 0.4) is 0 Å². The van der Waals surface area contributed by atoms with E-state index in [1.807, 2.05) is 31.2 Å². The Bertz CT molecular complexity index is 825. The molecule has 1 aliphatic heterocycles. The molecular weight excluding hydrogens is 328 g/mol. The standard InChI is InChI=1S/C21H22N2O3/c1-11-4-3-5-13(8-11)22(12(2)24)10-23-20(25)18-14-6-7-15(17-9-16(14)17)19(18)21(23)26/h3-8,14-19H,9-10H2,1-2H3/t14-,15-,16-,17+,18-,19+/m0/s1. The zero-order chi connectivity index (χ0) is 18.2. The minimum absolute atomic E-state index is 0.0121. The molecule has 1 saturated heterocycles. The summed E-state index contributed by atoms with van der Waals surface area (Å²) in [5.41, 5.74) is 1.75. The molecule has 5 aliphatic rings. The van der Waals surface area contributed by atoms with E-state index < -0.39 is 0 Å². The molecule has 1 aromatic carbocycles. The lowest BCUT2D eigenvalue weighted by atomic mass is 9.63. The van der Waals surface area contributed by atoms with E-state index in [0.29, 0.717) is 11.8 Å². The summed E-state index contributed by atoms with van der Waals surface area (Å²) in [6.07, 6.45) is 5.48. The van der Waals surface area contributed by atoms with Crippen molar-refractivity contribution in [2.75, 3.05) is 11.6 Å². The van der Waals surface area contributed by atoms with E-state index in [2.05, 4.69) is 12.2 Å². The van der Waals surface area contributed by atoms with Gasteiger partial charge in [0.15, 0.2) is 0 Å². The van der Waals surface area contributed by atoms with Gasteiger partial charge in [-0.25, -0.2) is 0 Å². The van der Waals surface area contributed by atoms with Crippen molar-refractivity contribution in [1.82, 2.24) is 4.90 Å². The van der Waals surface area contributed by atoms with Crippen LogP contribution >= 0.6 is 0 Å². The lowest BCUT2D eigenvalue weighted by molar-refractivity contribution is -0.140. The van der Waals surface area contributed by atoms with Gasteiger partial charge in [-0.2, -0.15) is 0 Å². The molecule has 0 spiro atoms. The van der Waals surface area contributed by atoms with E-state index in [-0.39, 0.29) is 48.1 Å². The molecule has 1 heterocycles. The van der Waals surface area contributed by atoms with Crippen molar-refractivity contribution >= 4 is 23.4 Å². The van der Waals surface area contributed by atoms with Crippen LogP contribution in [0.4, 0.5) is 5.69 Å². The second-order valence-electron chi connectivity index (χ2n) is 8.19. The van der Waals surface area contributed by atoms with E-state index in [1.165, 1.54) is 16.7 Å². The fourth-order valence-corrected chi connectivity index (χ4v) is 5.46. The van der Waals surface area contributed by atoms with Gasteiger partial charge in [-0.05, 0) is 54.7 Å². The Morgan fingerprint density at radius 1 is 1.12 bits per heavy atom. The molecule has 6 atom stereocenters. The van der Waals surface area contributed by atoms with Crippen molar-refractivity contribution in [2.24, 2.45) is 35.5 Å². The molecule has 5 heteroatoms. The summed E-state index contributed by atoms with van der Waals surface area (Å²) in [4.78, 5) is 41.3. The second-order valence-corrected chi connectivity index (χ2v) is 8.19. The van der Waals surface area contributed by atoms with Crippen molar-refractivity contribution in [3.63, 3.8) is 0 Å². The highest BCUT2D eigenvalue weighted by Crippen LogP contribution is 2.65. The zero-order valence-corrected chi connectivity index (χ0v) is 15.0. The van der Waals surface area contributed by atoms with Crippen molar-refractivity contribution in [1.29, 1.82) is 0 Å². The third-order valence-corrected chi connectivity index (χ3v) is 6.73. The number of anilines is 1. The topological polar surface area (TPSA) is 57.7 Å². The third-order valence-electron chi connectivity index (χ3n) is 6.73. The van der Waals surface area contributed by atoms with Crippen LogP contribution in [0.15, 0.2) is 36.4 Å². The van der Waals surface area contributed by atoms with Crippen LogP contribution in [0.1, 0.15) is 18.9 Å². The molecule has 2 bridgehead atoms. The molecule has 0 radical (unpaired) electrons. The number of carbonyl (C=O) groups is 3. The molecule has 0 N–H and O–H groups in total. The minimum atomic E-state index is -0.215. The molecule has 134 valence electrons. The number of aryl methyl sites for hydroxylation is 1. The number of hydrogen-bond acceptors (Lipinski definition) is 3. The predicted octanol–water partition coefficient (Wildman–Crippen LogP) is 2.36. The second kappa shape index (κ2) is 5.29. The van der Waals surface area contributed by atoms with E-state index in [4.69, 9.17) is 0 Å². The Hall–Kier alpha value is -2.43. The Morgan fingerprint density at radius 3 is 2.27 bits per heavy atom. The Morgan fingerprint density at radius 2 is 1.73 bits per heavy atom. The smallest absolute Gasteiger partial charge is 0.235 e. The summed E-state index contributed by atoms with van der Waals surface area (Å²) < 4.78 is 0. The van der Waals surface area contributed by atoms with E-state index >= 15 is 0 Å². The van der Waals surface area contributed by atoms with Gasteiger partial charge >= 0.3 is 0 Å². The van der Waals surface area contributed by atoms with Gasteiger partial charge in [-0.3, -0.25) is 24.2 Å². The summed E-state index contributed by atoms with van der Waals surface area (Å²) in [5.74, 6) is 0.803. The third kappa shape index (κ3) is 2.06. The largest absolute Gasteiger partial charge is 0.294 e. The van der Waals surface area contributed by atoms with Crippen LogP contribution in [0.25, 0.3) is 0 Å². The number of benzene rings is 1. The fraction of sp³-hybridized carbons (Fsp3) is 0.476. The lowest BCUT2D eigenvalue weighted by Gasteiger charge is -2.37. The first-order valence-corrected chi connectivity index (χ1v) is 9.35. The number of hydrogen-bond donors (Lipinski definition) is 0. The molecule has 2 saturated carbocycles. The maximum Gasteiger partial charge on any atom is 0.235 e. The number of likely N-dealkylation sites (tertiary alicyclic amines) is 1. The van der Waals surface area contributed by atoms with Gasteiger partial charge in [0.1, 0.15) is 6.67 Å². The SMILES string of the molecule is CC(=O)N(CN1C(=O)[C@@H]2[C@H]3C=C[C@@H]([C@@H]4C[C@H]34)[C@@H]2C1=O)c1cccc(C)c1. The molecule has 3 fully saturated rings. The van der Waals surface area contributed by atoms with Crippen LogP contribution in [0, 0.1) is 42.4 Å². The highest BCUT2D eigenvalue weighted by Gasteiger charge is 2.67. The van der Waals surface area contributed by atoms with E-state index in [0.717, 1.165) is 17.7 Å². The van der Waals surface area contributed by atoms with Gasteiger partial charge in [-0.15, -0.1) is 0 Å². The molecule has 4 aliphatic carbocycles. The number of allylic oxidation sites excluding steroid dienone is 2. The molecule has 6 rings (SSSR count). The summed E-state index contributed by atoms with van der Waals surface area (Å²) in [5, 5.41) is 0. The quantitative estimate of drug-likeness (QED) is 0.621. The van der Waals surface area contributed by atoms with E-state index in [9.17, 15) is 14.4 Å². The number of rotatable bonds is 3. The van der Waals surface area contributed by atoms with Gasteiger partial charge < -0.3 is 0 Å². The summed E-state index contributed by atoms with van der Waals surface area (Å²) >= 11 is 0. The van der Waals surface area contributed by atoms with Gasteiger partial charge in [0.2, 0.25) is 17.7 Å². The molecule has 5 nitrogen and oxygen atoms in total. The van der Waals surface area contributed by atoms with Crippen LogP contribution in [-0.2, 0) is 14.4 Å². The summed E-state index contributed by atoms with van der Waals surface area (Å²) in [6.45, 7) is 3.44. The van der Waals surface area contributed by atoms with Gasteiger partial charge in [0.25, 0.3) is 0 Å². The predicted molar refractivity (Wildman–Crippen MR) is 95.8 cm³/mol. The first-order chi connectivity index (χ1) is 12.5. The normalized spacial score (nSPS) is 36.2. The molecule has 0 aromatic heterocycles. The molecule has 26 heavy (non-hydrogen) atoms. The average Bonchev–Trinajstić information content (AvgIpc) is 3.39. The van der Waals surface area contributed by atoms with Crippen molar-refractivity contribution in [3.05, 3.63) is 42.0 Å². The number of amides is 3. The van der Waals surface area contributed by atoms with Gasteiger partial charge in [0.05, 0.1) is 11.8 Å². The number of carbonyl (C=O) groups excluding carboxylic acids is 3. The fourth-order valence-electron chi connectivity index (χ4n) is 5.46. The number of nitrogens with zero attached hydrogens (tertiary/aromatic N) is 2. The van der Waals surface area contributed by atoms with Crippen molar-refractivity contribution < 1.29 is 14.4 Å². The highest BCUT2D eigenvalue weighted by atomic mass is 16.2. The molecule has 3 amide bonds. The highest BCUT2D eigenvalue weighted by molar-refractivity contribution is 6.07. The van der Waals surface area contributed by atoms with Gasteiger partial charge in [0, 0.05) is 12.6 Å².